The molecule has 4 rings (SSSR count). The lowest BCUT2D eigenvalue weighted by Gasteiger charge is -2.09. The maximum absolute atomic E-state index is 12.5. The van der Waals surface area contributed by atoms with Crippen LogP contribution in [0.5, 0.6) is 5.75 Å². The van der Waals surface area contributed by atoms with E-state index in [0.717, 1.165) is 10.9 Å². The average molecular weight is 346 g/mol. The zero-order valence-corrected chi connectivity index (χ0v) is 13.6. The van der Waals surface area contributed by atoms with Gasteiger partial charge in [-0.3, -0.25) is 9.59 Å². The molecule has 2 heterocycles. The van der Waals surface area contributed by atoms with E-state index in [1.807, 2.05) is 0 Å². The standard InChI is InChI=1S/C19H14N4O3/c20-10-11-1-3-15-12(7-11)8-16(23-15)19(25)22-13-2-4-17-14(9-13)18(24)21-5-6-26-17/h1-4,7-9,23H,5-6H2,(H,21,24)(H,22,25). The van der Waals surface area contributed by atoms with Gasteiger partial charge < -0.3 is 20.4 Å². The molecular weight excluding hydrogens is 332 g/mol. The number of carbonyl (C=O) groups is 2. The topological polar surface area (TPSA) is 107 Å². The van der Waals surface area contributed by atoms with Crippen LogP contribution in [0.3, 0.4) is 0 Å². The molecule has 0 aliphatic carbocycles. The van der Waals surface area contributed by atoms with Crippen LogP contribution in [0.25, 0.3) is 10.9 Å². The number of nitriles is 1. The van der Waals surface area contributed by atoms with E-state index < -0.39 is 0 Å². The van der Waals surface area contributed by atoms with E-state index in [-0.39, 0.29) is 11.8 Å². The Morgan fingerprint density at radius 1 is 1.19 bits per heavy atom. The first kappa shape index (κ1) is 15.7. The van der Waals surface area contributed by atoms with Crippen LogP contribution in [0, 0.1) is 11.3 Å². The van der Waals surface area contributed by atoms with Crippen molar-refractivity contribution in [3.8, 4) is 11.8 Å². The van der Waals surface area contributed by atoms with Crippen molar-refractivity contribution in [3.05, 3.63) is 59.3 Å². The van der Waals surface area contributed by atoms with E-state index in [4.69, 9.17) is 10.00 Å². The van der Waals surface area contributed by atoms with Gasteiger partial charge >= 0.3 is 0 Å². The molecule has 0 fully saturated rings. The molecule has 0 radical (unpaired) electrons. The van der Waals surface area contributed by atoms with Gasteiger partial charge in [0.05, 0.1) is 23.7 Å². The second-order valence-corrected chi connectivity index (χ2v) is 5.87. The summed E-state index contributed by atoms with van der Waals surface area (Å²) in [5.74, 6) is -0.0782. The molecule has 1 aliphatic rings. The zero-order valence-electron chi connectivity index (χ0n) is 13.6. The number of ether oxygens (including phenoxy) is 1. The highest BCUT2D eigenvalue weighted by molar-refractivity contribution is 6.07. The van der Waals surface area contributed by atoms with E-state index in [0.29, 0.717) is 41.4 Å². The van der Waals surface area contributed by atoms with Crippen LogP contribution in [-0.2, 0) is 0 Å². The largest absolute Gasteiger partial charge is 0.491 e. The Bertz CT molecular complexity index is 1080. The number of aromatic amines is 1. The normalized spacial score (nSPS) is 13.1. The molecule has 0 saturated heterocycles. The van der Waals surface area contributed by atoms with Gasteiger partial charge in [-0.15, -0.1) is 0 Å². The third-order valence-corrected chi connectivity index (χ3v) is 4.12. The van der Waals surface area contributed by atoms with Crippen LogP contribution in [0.1, 0.15) is 26.4 Å². The summed E-state index contributed by atoms with van der Waals surface area (Å²) in [7, 11) is 0. The summed E-state index contributed by atoms with van der Waals surface area (Å²) in [5, 5.41) is 15.2. The van der Waals surface area contributed by atoms with E-state index >= 15 is 0 Å². The van der Waals surface area contributed by atoms with Gasteiger partial charge in [0.15, 0.2) is 0 Å². The van der Waals surface area contributed by atoms with Crippen molar-refractivity contribution in [1.82, 2.24) is 10.3 Å². The van der Waals surface area contributed by atoms with Crippen LogP contribution in [0.2, 0.25) is 0 Å². The Morgan fingerprint density at radius 3 is 2.92 bits per heavy atom. The van der Waals surface area contributed by atoms with Crippen molar-refractivity contribution < 1.29 is 14.3 Å². The molecule has 1 aliphatic heterocycles. The molecule has 0 spiro atoms. The molecule has 0 unspecified atom stereocenters. The maximum Gasteiger partial charge on any atom is 0.272 e. The highest BCUT2D eigenvalue weighted by Gasteiger charge is 2.18. The first-order valence-electron chi connectivity index (χ1n) is 8.03. The van der Waals surface area contributed by atoms with Crippen LogP contribution in [0.4, 0.5) is 5.69 Å². The van der Waals surface area contributed by atoms with Gasteiger partial charge in [0.25, 0.3) is 11.8 Å². The molecule has 2 amide bonds. The molecule has 3 aromatic rings. The quantitative estimate of drug-likeness (QED) is 0.662. The number of nitrogens with one attached hydrogen (secondary N) is 3. The molecular formula is C19H14N4O3. The minimum absolute atomic E-state index is 0.233. The van der Waals surface area contributed by atoms with Gasteiger partial charge in [0.2, 0.25) is 0 Å². The Morgan fingerprint density at radius 2 is 2.08 bits per heavy atom. The number of anilines is 1. The summed E-state index contributed by atoms with van der Waals surface area (Å²) in [4.78, 5) is 27.6. The minimum atomic E-state index is -0.338. The number of carbonyl (C=O) groups excluding carboxylic acids is 2. The summed E-state index contributed by atoms with van der Waals surface area (Å²) < 4.78 is 5.50. The van der Waals surface area contributed by atoms with Gasteiger partial charge in [-0.25, -0.2) is 0 Å². The Kier molecular flexibility index (Phi) is 3.78. The number of benzene rings is 2. The van der Waals surface area contributed by atoms with Crippen LogP contribution >= 0.6 is 0 Å². The number of hydrogen-bond acceptors (Lipinski definition) is 4. The maximum atomic E-state index is 12.5. The van der Waals surface area contributed by atoms with Crippen molar-refractivity contribution in [1.29, 1.82) is 5.26 Å². The SMILES string of the molecule is N#Cc1ccc2[nH]c(C(=O)Nc3ccc4c(c3)C(=O)NCCO4)cc2c1. The number of nitrogens with zero attached hydrogens (tertiary/aromatic N) is 1. The molecule has 1 aromatic heterocycles. The fourth-order valence-corrected chi connectivity index (χ4v) is 2.85. The Labute approximate surface area is 148 Å². The van der Waals surface area contributed by atoms with Gasteiger partial charge in [0, 0.05) is 16.6 Å². The Hall–Kier alpha value is -3.79. The number of hydrogen-bond donors (Lipinski definition) is 3. The predicted molar refractivity (Wildman–Crippen MR) is 95.2 cm³/mol. The molecule has 0 bridgehead atoms. The average Bonchev–Trinajstić information content (AvgIpc) is 3.00. The summed E-state index contributed by atoms with van der Waals surface area (Å²) >= 11 is 0. The molecule has 0 atom stereocenters. The Balaban J connectivity index is 1.60. The van der Waals surface area contributed by atoms with E-state index in [2.05, 4.69) is 21.7 Å². The van der Waals surface area contributed by atoms with Gasteiger partial charge in [-0.1, -0.05) is 0 Å². The minimum Gasteiger partial charge on any atom is -0.491 e. The summed E-state index contributed by atoms with van der Waals surface area (Å²) in [5.41, 5.74) is 2.54. The van der Waals surface area contributed by atoms with E-state index in [1.54, 1.807) is 42.5 Å². The molecule has 7 nitrogen and oxygen atoms in total. The molecule has 128 valence electrons. The van der Waals surface area contributed by atoms with Crippen LogP contribution < -0.4 is 15.4 Å². The highest BCUT2D eigenvalue weighted by Crippen LogP contribution is 2.25. The van der Waals surface area contributed by atoms with Gasteiger partial charge in [0.1, 0.15) is 18.1 Å². The summed E-state index contributed by atoms with van der Waals surface area (Å²) in [6.07, 6.45) is 0. The van der Waals surface area contributed by atoms with Gasteiger partial charge in [-0.05, 0) is 42.5 Å². The van der Waals surface area contributed by atoms with Crippen molar-refractivity contribution in [2.75, 3.05) is 18.5 Å². The number of aromatic nitrogens is 1. The second-order valence-electron chi connectivity index (χ2n) is 5.87. The summed E-state index contributed by atoms with van der Waals surface area (Å²) in [6, 6.07) is 13.9. The zero-order chi connectivity index (χ0) is 18.1. The molecule has 3 N–H and O–H groups in total. The van der Waals surface area contributed by atoms with Gasteiger partial charge in [-0.2, -0.15) is 5.26 Å². The van der Waals surface area contributed by atoms with Crippen molar-refractivity contribution in [3.63, 3.8) is 0 Å². The molecule has 2 aromatic carbocycles. The lowest BCUT2D eigenvalue weighted by molar-refractivity contribution is 0.0955. The van der Waals surface area contributed by atoms with Crippen molar-refractivity contribution in [2.24, 2.45) is 0 Å². The fraction of sp³-hybridized carbons (Fsp3) is 0.105. The monoisotopic (exact) mass is 346 g/mol. The predicted octanol–water partition coefficient (Wildman–Crippen LogP) is 2.41. The summed E-state index contributed by atoms with van der Waals surface area (Å²) in [6.45, 7) is 0.846. The molecule has 7 heteroatoms. The van der Waals surface area contributed by atoms with E-state index in [1.165, 1.54) is 0 Å². The second kappa shape index (κ2) is 6.26. The molecule has 26 heavy (non-hydrogen) atoms. The van der Waals surface area contributed by atoms with Crippen molar-refractivity contribution >= 4 is 28.4 Å². The molecule has 0 saturated carbocycles. The highest BCUT2D eigenvalue weighted by atomic mass is 16.5. The number of H-pyrrole nitrogens is 1. The van der Waals surface area contributed by atoms with Crippen LogP contribution in [0.15, 0.2) is 42.5 Å². The van der Waals surface area contributed by atoms with Crippen molar-refractivity contribution in [2.45, 2.75) is 0 Å². The number of fused-ring (bicyclic) bond motifs is 2. The first-order chi connectivity index (χ1) is 12.6. The first-order valence-corrected chi connectivity index (χ1v) is 8.03. The van der Waals surface area contributed by atoms with E-state index in [9.17, 15) is 9.59 Å². The third kappa shape index (κ3) is 2.84. The number of amides is 2. The lowest BCUT2D eigenvalue weighted by Crippen LogP contribution is -2.24. The smallest absolute Gasteiger partial charge is 0.272 e. The lowest BCUT2D eigenvalue weighted by atomic mass is 10.1. The fourth-order valence-electron chi connectivity index (χ4n) is 2.85. The third-order valence-electron chi connectivity index (χ3n) is 4.12. The van der Waals surface area contributed by atoms with Crippen LogP contribution in [-0.4, -0.2) is 29.9 Å². The number of rotatable bonds is 2.